The molecule has 0 N–H and O–H groups in total. The fraction of sp³-hybridized carbons (Fsp3) is 0.429. The summed E-state index contributed by atoms with van der Waals surface area (Å²) in [5.74, 6) is 0. The van der Waals surface area contributed by atoms with Crippen molar-refractivity contribution in [2.45, 2.75) is 19.3 Å². The van der Waals surface area contributed by atoms with Crippen LogP contribution >= 0.6 is 15.9 Å². The maximum atomic E-state index is 12.0. The molecule has 0 nitrogen and oxygen atoms in total. The minimum Gasteiger partial charge on any atom is -0.166 e. The third kappa shape index (κ3) is 3.36. The number of rotatable bonds is 1. The monoisotopic (exact) mass is 282 g/mol. The lowest BCUT2D eigenvalue weighted by molar-refractivity contribution is -0.0956. The Kier molecular flexibility index (Phi) is 3.83. The molecule has 0 aromatic heterocycles. The fourth-order valence-electron chi connectivity index (χ4n) is 0.475. The van der Waals surface area contributed by atoms with Crippen LogP contribution in [-0.4, -0.2) is 12.4 Å². The first-order valence-electron chi connectivity index (χ1n) is 3.18. The summed E-state index contributed by atoms with van der Waals surface area (Å²) in [6, 6.07) is 0. The summed E-state index contributed by atoms with van der Waals surface area (Å²) in [5.41, 5.74) is -2.91. The maximum Gasteiger partial charge on any atom is 0.416 e. The lowest BCUT2D eigenvalue weighted by atomic mass is 10.2. The Balaban J connectivity index is 5.14. The molecule has 0 spiro atoms. The molecular weight excluding hydrogens is 278 g/mol. The Morgan fingerprint density at radius 1 is 1.00 bits per heavy atom. The molecule has 0 aliphatic carbocycles. The zero-order chi connectivity index (χ0) is 11.7. The van der Waals surface area contributed by atoms with E-state index in [0.717, 1.165) is 0 Å². The third-order valence-electron chi connectivity index (χ3n) is 1.36. The second kappa shape index (κ2) is 3.96. The number of allylic oxidation sites excluding steroid dienone is 3. The van der Waals surface area contributed by atoms with Crippen molar-refractivity contribution in [3.8, 4) is 0 Å². The van der Waals surface area contributed by atoms with Crippen LogP contribution in [0.25, 0.3) is 0 Å². The van der Waals surface area contributed by atoms with Gasteiger partial charge in [-0.3, -0.25) is 0 Å². The van der Waals surface area contributed by atoms with Crippen LogP contribution in [0.4, 0.5) is 26.3 Å². The van der Waals surface area contributed by atoms with Crippen molar-refractivity contribution >= 4 is 15.9 Å². The first-order chi connectivity index (χ1) is 5.98. The molecule has 0 rings (SSSR count). The molecule has 0 unspecified atom stereocenters. The summed E-state index contributed by atoms with van der Waals surface area (Å²) in [5, 5.41) is 0. The second-order valence-electron chi connectivity index (χ2n) is 2.41. The summed E-state index contributed by atoms with van der Waals surface area (Å²) in [6.45, 7) is 3.07. The third-order valence-corrected chi connectivity index (χ3v) is 2.43. The van der Waals surface area contributed by atoms with Gasteiger partial charge in [0.15, 0.2) is 0 Å². The maximum absolute atomic E-state index is 12.0. The molecule has 0 saturated carbocycles. The highest BCUT2D eigenvalue weighted by Gasteiger charge is 2.39. The van der Waals surface area contributed by atoms with Crippen molar-refractivity contribution in [2.24, 2.45) is 0 Å². The van der Waals surface area contributed by atoms with Gasteiger partial charge in [-0.2, -0.15) is 26.3 Å². The zero-order valence-electron chi connectivity index (χ0n) is 6.85. The number of hydrogen-bond donors (Lipinski definition) is 0. The molecule has 82 valence electrons. The Bertz CT molecular complexity index is 269. The molecule has 0 aliphatic heterocycles. The van der Waals surface area contributed by atoms with E-state index < -0.39 is 28.0 Å². The van der Waals surface area contributed by atoms with Gasteiger partial charge in [0.05, 0.1) is 5.57 Å². The zero-order valence-corrected chi connectivity index (χ0v) is 8.44. The van der Waals surface area contributed by atoms with Crippen LogP contribution in [-0.2, 0) is 0 Å². The van der Waals surface area contributed by atoms with Crippen molar-refractivity contribution in [1.82, 2.24) is 0 Å². The Labute approximate surface area is 84.4 Å². The lowest BCUT2D eigenvalue weighted by Crippen LogP contribution is -2.16. The molecule has 0 saturated heterocycles. The molecule has 7 heteroatoms. The van der Waals surface area contributed by atoms with E-state index >= 15 is 0 Å². The van der Waals surface area contributed by atoms with E-state index in [0.29, 0.717) is 6.92 Å². The van der Waals surface area contributed by atoms with Crippen LogP contribution in [0.3, 0.4) is 0 Å². The summed E-state index contributed by atoms with van der Waals surface area (Å²) >= 11 is 2.22. The van der Waals surface area contributed by atoms with Crippen molar-refractivity contribution in [3.63, 3.8) is 0 Å². The minimum atomic E-state index is -4.87. The van der Waals surface area contributed by atoms with Gasteiger partial charge in [-0.1, -0.05) is 6.58 Å². The van der Waals surface area contributed by atoms with E-state index in [9.17, 15) is 26.3 Å². The van der Waals surface area contributed by atoms with E-state index in [-0.39, 0.29) is 0 Å². The highest BCUT2D eigenvalue weighted by molar-refractivity contribution is 9.12. The fourth-order valence-corrected chi connectivity index (χ4v) is 0.925. The molecule has 0 atom stereocenters. The first-order valence-corrected chi connectivity index (χ1v) is 3.97. The summed E-state index contributed by atoms with van der Waals surface area (Å²) in [7, 11) is 0. The number of alkyl halides is 6. The SMILES string of the molecule is C=C(/C(Br)=C(\C)C(F)(F)F)C(F)(F)F. The smallest absolute Gasteiger partial charge is 0.166 e. The Hall–Kier alpha value is -0.460. The lowest BCUT2D eigenvalue weighted by Gasteiger charge is -2.14. The molecule has 0 aromatic rings. The molecule has 0 radical (unpaired) electrons. The highest BCUT2D eigenvalue weighted by atomic mass is 79.9. The van der Waals surface area contributed by atoms with Crippen LogP contribution < -0.4 is 0 Å². The number of halogens is 7. The van der Waals surface area contributed by atoms with Gasteiger partial charge in [-0.25, -0.2) is 0 Å². The molecule has 0 bridgehead atoms. The van der Waals surface area contributed by atoms with Crippen molar-refractivity contribution in [1.29, 1.82) is 0 Å². The Morgan fingerprint density at radius 3 is 1.57 bits per heavy atom. The van der Waals surface area contributed by atoms with Crippen LogP contribution in [0.1, 0.15) is 6.92 Å². The summed E-state index contributed by atoms with van der Waals surface area (Å²) in [4.78, 5) is 0. The molecule has 0 aromatic carbocycles. The van der Waals surface area contributed by atoms with Gasteiger partial charge in [0, 0.05) is 10.1 Å². The van der Waals surface area contributed by atoms with E-state index in [1.807, 2.05) is 0 Å². The van der Waals surface area contributed by atoms with Crippen LogP contribution in [0, 0.1) is 0 Å². The van der Waals surface area contributed by atoms with Gasteiger partial charge in [0.2, 0.25) is 0 Å². The van der Waals surface area contributed by atoms with E-state index in [1.165, 1.54) is 0 Å². The van der Waals surface area contributed by atoms with Gasteiger partial charge < -0.3 is 0 Å². The standard InChI is InChI=1S/C7H5BrF6/c1-3(6(9,10)11)5(8)4(2)7(12,13)14/h1H2,2H3/b5-4-. The normalized spacial score (nSPS) is 15.1. The van der Waals surface area contributed by atoms with E-state index in [4.69, 9.17) is 0 Å². The van der Waals surface area contributed by atoms with Crippen molar-refractivity contribution in [2.75, 3.05) is 0 Å². The highest BCUT2D eigenvalue weighted by Crippen LogP contribution is 2.39. The topological polar surface area (TPSA) is 0 Å². The molecule has 0 amide bonds. The molecular formula is C7H5BrF6. The molecule has 0 fully saturated rings. The molecule has 14 heavy (non-hydrogen) atoms. The first kappa shape index (κ1) is 13.5. The predicted molar refractivity (Wildman–Crippen MR) is 42.9 cm³/mol. The second-order valence-corrected chi connectivity index (χ2v) is 3.21. The van der Waals surface area contributed by atoms with E-state index in [1.54, 1.807) is 0 Å². The molecule has 0 aliphatic rings. The average molecular weight is 283 g/mol. The average Bonchev–Trinajstić information content (AvgIpc) is 1.97. The van der Waals surface area contributed by atoms with Crippen molar-refractivity contribution < 1.29 is 26.3 Å². The minimum absolute atomic E-state index is 0.543. The molecule has 0 heterocycles. The van der Waals surface area contributed by atoms with Gasteiger partial charge in [0.25, 0.3) is 0 Å². The van der Waals surface area contributed by atoms with Gasteiger partial charge in [-0.05, 0) is 22.9 Å². The predicted octanol–water partition coefficient (Wildman–Crippen LogP) is 4.34. The van der Waals surface area contributed by atoms with Gasteiger partial charge in [0.1, 0.15) is 0 Å². The van der Waals surface area contributed by atoms with Crippen LogP contribution in [0.15, 0.2) is 22.2 Å². The summed E-state index contributed by atoms with van der Waals surface area (Å²) < 4.78 is 70.5. The van der Waals surface area contributed by atoms with Crippen molar-refractivity contribution in [3.05, 3.63) is 22.2 Å². The van der Waals surface area contributed by atoms with Crippen LogP contribution in [0.5, 0.6) is 0 Å². The van der Waals surface area contributed by atoms with Crippen LogP contribution in [0.2, 0.25) is 0 Å². The van der Waals surface area contributed by atoms with Gasteiger partial charge in [-0.15, -0.1) is 0 Å². The summed E-state index contributed by atoms with van der Waals surface area (Å²) in [6.07, 6.45) is -9.67. The largest absolute Gasteiger partial charge is 0.416 e. The quantitative estimate of drug-likeness (QED) is 0.496. The van der Waals surface area contributed by atoms with E-state index in [2.05, 4.69) is 22.5 Å². The van der Waals surface area contributed by atoms with Gasteiger partial charge >= 0.3 is 12.4 Å². The Morgan fingerprint density at radius 2 is 1.36 bits per heavy atom. The number of hydrogen-bond acceptors (Lipinski definition) is 0.